The summed E-state index contributed by atoms with van der Waals surface area (Å²) in [5.41, 5.74) is 1.86. The van der Waals surface area contributed by atoms with Gasteiger partial charge in [0.2, 0.25) is 5.95 Å². The fourth-order valence-electron chi connectivity index (χ4n) is 3.68. The zero-order valence-electron chi connectivity index (χ0n) is 21.5. The number of likely N-dealkylation sites (N-methyl/N-ethyl adjacent to an activating group) is 1. The van der Waals surface area contributed by atoms with Crippen LogP contribution in [-0.4, -0.2) is 56.5 Å². The second-order valence-electron chi connectivity index (χ2n) is 9.85. The average Bonchev–Trinajstić information content (AvgIpc) is 3.10. The Morgan fingerprint density at radius 1 is 1.11 bits per heavy atom. The SMILES string of the molecule is C=CCn1c(=O)c2cnc(Nc3ccc(OCCN(C)C)cc3)nc2n1-c1cccc(C(C)(C)C)n1. The third kappa shape index (κ3) is 5.46. The summed E-state index contributed by atoms with van der Waals surface area (Å²) in [6.07, 6.45) is 3.23. The van der Waals surface area contributed by atoms with Gasteiger partial charge in [-0.25, -0.2) is 19.3 Å². The highest BCUT2D eigenvalue weighted by atomic mass is 16.5. The van der Waals surface area contributed by atoms with Crippen LogP contribution in [0.15, 0.2) is 66.1 Å². The van der Waals surface area contributed by atoms with Gasteiger partial charge in [0.1, 0.15) is 17.7 Å². The molecule has 0 aliphatic rings. The number of anilines is 2. The van der Waals surface area contributed by atoms with Crippen molar-refractivity contribution in [2.24, 2.45) is 0 Å². The molecule has 4 rings (SSSR count). The topological polar surface area (TPSA) is 90.1 Å². The van der Waals surface area contributed by atoms with Gasteiger partial charge in [0.05, 0.1) is 6.54 Å². The molecule has 0 aliphatic carbocycles. The summed E-state index contributed by atoms with van der Waals surface area (Å²) in [4.78, 5) is 29.2. The third-order valence-corrected chi connectivity index (χ3v) is 5.62. The summed E-state index contributed by atoms with van der Waals surface area (Å²) >= 11 is 0. The van der Waals surface area contributed by atoms with E-state index in [1.165, 1.54) is 0 Å². The van der Waals surface area contributed by atoms with E-state index >= 15 is 0 Å². The third-order valence-electron chi connectivity index (χ3n) is 5.62. The molecule has 0 amide bonds. The highest BCUT2D eigenvalue weighted by Crippen LogP contribution is 2.23. The Bertz CT molecular complexity index is 1410. The van der Waals surface area contributed by atoms with Crippen LogP contribution in [0.3, 0.4) is 0 Å². The number of hydrogen-bond donors (Lipinski definition) is 1. The molecule has 0 spiro atoms. The molecular weight excluding hydrogens is 454 g/mol. The largest absolute Gasteiger partial charge is 0.492 e. The van der Waals surface area contributed by atoms with Gasteiger partial charge in [-0.05, 0) is 50.5 Å². The van der Waals surface area contributed by atoms with Crippen molar-refractivity contribution in [1.29, 1.82) is 0 Å². The second kappa shape index (κ2) is 10.3. The van der Waals surface area contributed by atoms with E-state index < -0.39 is 0 Å². The standard InChI is InChI=1S/C27H33N7O2/c1-7-15-33-25(35)21-18-28-26(29-19-11-13-20(14-12-19)36-17-16-32(5)6)31-24(21)34(33)23-10-8-9-22(30-23)27(2,3)4/h7-14,18H,1,15-17H2,2-6H3,(H,28,29,31). The van der Waals surface area contributed by atoms with Crippen LogP contribution in [0.25, 0.3) is 16.9 Å². The molecule has 0 radical (unpaired) electrons. The number of benzene rings is 1. The van der Waals surface area contributed by atoms with Crippen molar-refractivity contribution >= 4 is 22.7 Å². The number of nitrogens with one attached hydrogen (secondary N) is 1. The van der Waals surface area contributed by atoms with Gasteiger partial charge < -0.3 is 15.0 Å². The molecule has 9 heteroatoms. The van der Waals surface area contributed by atoms with Crippen LogP contribution in [-0.2, 0) is 12.0 Å². The number of allylic oxidation sites excluding steroid dienone is 1. The van der Waals surface area contributed by atoms with Crippen LogP contribution >= 0.6 is 0 Å². The molecule has 0 fully saturated rings. The Kier molecular flexibility index (Phi) is 7.21. The molecule has 36 heavy (non-hydrogen) atoms. The van der Waals surface area contributed by atoms with Crippen molar-refractivity contribution in [1.82, 2.24) is 29.2 Å². The number of pyridine rings is 1. The monoisotopic (exact) mass is 487 g/mol. The molecule has 0 atom stereocenters. The molecule has 9 nitrogen and oxygen atoms in total. The van der Waals surface area contributed by atoms with Gasteiger partial charge in [-0.2, -0.15) is 4.98 Å². The van der Waals surface area contributed by atoms with Crippen molar-refractivity contribution in [3.05, 3.63) is 77.4 Å². The molecule has 3 aromatic heterocycles. The summed E-state index contributed by atoms with van der Waals surface area (Å²) in [6.45, 7) is 11.9. The fraction of sp³-hybridized carbons (Fsp3) is 0.333. The molecule has 0 saturated heterocycles. The van der Waals surface area contributed by atoms with Crippen LogP contribution in [0.1, 0.15) is 26.5 Å². The van der Waals surface area contributed by atoms with Crippen molar-refractivity contribution in [2.75, 3.05) is 32.6 Å². The van der Waals surface area contributed by atoms with Gasteiger partial charge in [-0.15, -0.1) is 6.58 Å². The first-order valence-electron chi connectivity index (χ1n) is 11.9. The molecule has 4 aromatic rings. The lowest BCUT2D eigenvalue weighted by atomic mass is 9.92. The normalized spacial score (nSPS) is 11.7. The Morgan fingerprint density at radius 2 is 1.86 bits per heavy atom. The van der Waals surface area contributed by atoms with Crippen molar-refractivity contribution in [3.8, 4) is 11.6 Å². The van der Waals surface area contributed by atoms with E-state index in [0.29, 0.717) is 36.0 Å². The van der Waals surface area contributed by atoms with Crippen LogP contribution < -0.4 is 15.6 Å². The maximum atomic E-state index is 13.2. The summed E-state index contributed by atoms with van der Waals surface area (Å²) < 4.78 is 9.07. The van der Waals surface area contributed by atoms with Crippen molar-refractivity contribution < 1.29 is 4.74 Å². The lowest BCUT2D eigenvalue weighted by Gasteiger charge is -2.19. The number of hydrogen-bond acceptors (Lipinski definition) is 7. The van der Waals surface area contributed by atoms with E-state index in [2.05, 4.69) is 42.6 Å². The minimum Gasteiger partial charge on any atom is -0.492 e. The first kappa shape index (κ1) is 25.1. The number of fused-ring (bicyclic) bond motifs is 1. The lowest BCUT2D eigenvalue weighted by Crippen LogP contribution is -2.23. The zero-order chi connectivity index (χ0) is 25.9. The molecule has 1 N–H and O–H groups in total. The summed E-state index contributed by atoms with van der Waals surface area (Å²) in [5, 5.41) is 3.63. The molecular formula is C27H33N7O2. The van der Waals surface area contributed by atoms with Crippen LogP contribution in [0.4, 0.5) is 11.6 Å². The fourth-order valence-corrected chi connectivity index (χ4v) is 3.68. The average molecular weight is 488 g/mol. The molecule has 3 heterocycles. The Balaban J connectivity index is 1.69. The predicted molar refractivity (Wildman–Crippen MR) is 144 cm³/mol. The maximum absolute atomic E-state index is 13.2. The van der Waals surface area contributed by atoms with Crippen LogP contribution in [0.2, 0.25) is 0 Å². The molecule has 0 aliphatic heterocycles. The quantitative estimate of drug-likeness (QED) is 0.355. The van der Waals surface area contributed by atoms with Crippen molar-refractivity contribution in [3.63, 3.8) is 0 Å². The summed E-state index contributed by atoms with van der Waals surface area (Å²) in [5.74, 6) is 1.78. The Morgan fingerprint density at radius 3 is 2.53 bits per heavy atom. The first-order valence-corrected chi connectivity index (χ1v) is 11.9. The molecule has 0 unspecified atom stereocenters. The van der Waals surface area contributed by atoms with Crippen LogP contribution in [0, 0.1) is 0 Å². The molecule has 0 saturated carbocycles. The maximum Gasteiger partial charge on any atom is 0.278 e. The highest BCUT2D eigenvalue weighted by Gasteiger charge is 2.20. The van der Waals surface area contributed by atoms with E-state index in [1.807, 2.05) is 56.6 Å². The minimum atomic E-state index is -0.196. The minimum absolute atomic E-state index is 0.146. The van der Waals surface area contributed by atoms with Gasteiger partial charge >= 0.3 is 0 Å². The van der Waals surface area contributed by atoms with Crippen molar-refractivity contribution in [2.45, 2.75) is 32.7 Å². The summed E-state index contributed by atoms with van der Waals surface area (Å²) in [7, 11) is 4.02. The van der Waals surface area contributed by atoms with E-state index in [0.717, 1.165) is 23.7 Å². The second-order valence-corrected chi connectivity index (χ2v) is 9.85. The van der Waals surface area contributed by atoms with Gasteiger partial charge in [0, 0.05) is 29.5 Å². The molecule has 1 aromatic carbocycles. The zero-order valence-corrected chi connectivity index (χ0v) is 21.5. The molecule has 188 valence electrons. The Labute approximate surface area is 211 Å². The van der Waals surface area contributed by atoms with Gasteiger partial charge in [0.15, 0.2) is 11.5 Å². The number of ether oxygens (including phenoxy) is 1. The lowest BCUT2D eigenvalue weighted by molar-refractivity contribution is 0.261. The van der Waals surface area contributed by atoms with E-state index in [4.69, 9.17) is 14.7 Å². The number of nitrogens with zero attached hydrogens (tertiary/aromatic N) is 6. The Hall–Kier alpha value is -3.98. The van der Waals surface area contributed by atoms with Gasteiger partial charge in [-0.3, -0.25) is 4.79 Å². The van der Waals surface area contributed by atoms with Gasteiger partial charge in [-0.1, -0.05) is 32.9 Å². The first-order chi connectivity index (χ1) is 17.2. The molecule has 0 bridgehead atoms. The number of aromatic nitrogens is 5. The van der Waals surface area contributed by atoms with E-state index in [9.17, 15) is 4.79 Å². The smallest absolute Gasteiger partial charge is 0.278 e. The summed E-state index contributed by atoms with van der Waals surface area (Å²) in [6, 6.07) is 13.4. The van der Waals surface area contributed by atoms with Gasteiger partial charge in [0.25, 0.3) is 5.56 Å². The predicted octanol–water partition coefficient (Wildman–Crippen LogP) is 4.14. The van der Waals surface area contributed by atoms with E-state index in [-0.39, 0.29) is 11.0 Å². The van der Waals surface area contributed by atoms with E-state index in [1.54, 1.807) is 21.6 Å². The highest BCUT2D eigenvalue weighted by molar-refractivity contribution is 5.77. The van der Waals surface area contributed by atoms with Crippen LogP contribution in [0.5, 0.6) is 5.75 Å². The number of rotatable bonds is 9.